The van der Waals surface area contributed by atoms with Gasteiger partial charge in [0.1, 0.15) is 0 Å². The first kappa shape index (κ1) is 95.3. The Bertz CT molecular complexity index is 16.1. The smallest absolute Gasteiger partial charge is 0.0606 e. The molecule has 0 aromatic rings. The maximum absolute atomic E-state index is 4.50. The monoisotopic (exact) mass is 375 g/mol. The van der Waals surface area contributed by atoms with Crippen molar-refractivity contribution in [1.29, 1.82) is 0 Å². The van der Waals surface area contributed by atoms with Crippen LogP contribution in [0.1, 0.15) is 125 Å². The van der Waals surface area contributed by atoms with E-state index >= 15 is 0 Å². The molecule has 0 fully saturated rings. The molecule has 0 saturated heterocycles. The summed E-state index contributed by atoms with van der Waals surface area (Å²) in [5.41, 5.74) is 0. The summed E-state index contributed by atoms with van der Waals surface area (Å²) in [6.45, 7) is 42.0. The van der Waals surface area contributed by atoms with Gasteiger partial charge in [0.15, 0.2) is 0 Å². The second-order valence-corrected chi connectivity index (χ2v) is 0. The molecule has 0 aromatic carbocycles. The van der Waals surface area contributed by atoms with E-state index in [1.54, 1.807) is 0 Å². The maximum atomic E-state index is 4.50. The van der Waals surface area contributed by atoms with Gasteiger partial charge < -0.3 is 0 Å². The molecule has 0 rings (SSSR count). The molecule has 4 heteroatoms. The maximum Gasteiger partial charge on any atom is 0.0606 e. The second kappa shape index (κ2) is 220000. The van der Waals surface area contributed by atoms with E-state index in [0.29, 0.717) is 0 Å². The highest BCUT2D eigenvalue weighted by Crippen LogP contribution is 1.16. The van der Waals surface area contributed by atoms with Crippen LogP contribution in [-0.2, 0) is 0 Å². The normalized spacial score (nSPS) is 2.85. The van der Waals surface area contributed by atoms with Gasteiger partial charge in [0.05, 0.1) is 31.4 Å². The molecule has 0 N–H and O–H groups in total. The van der Waals surface area contributed by atoms with Crippen LogP contribution < -0.4 is 0 Å². The van der Waals surface area contributed by atoms with Crippen LogP contribution in [-0.4, -0.2) is 31.4 Å². The van der Waals surface area contributed by atoms with Crippen LogP contribution in [0.3, 0.4) is 0 Å². The van der Waals surface area contributed by atoms with Crippen molar-refractivity contribution in [2.45, 2.75) is 152 Å². The summed E-state index contributed by atoms with van der Waals surface area (Å²) in [6.07, 6.45) is 0. The van der Waals surface area contributed by atoms with Gasteiger partial charge in [0.2, 0.25) is 0 Å². The quantitative estimate of drug-likeness (QED) is 0.370. The summed E-state index contributed by atoms with van der Waals surface area (Å²) in [7, 11) is 18.0. The molecular formula is C22H66B4. The molecule has 0 aliphatic rings. The van der Waals surface area contributed by atoms with Crippen molar-refractivity contribution in [3.05, 3.63) is 0 Å². The summed E-state index contributed by atoms with van der Waals surface area (Å²) < 4.78 is 0. The van der Waals surface area contributed by atoms with Crippen LogP contribution in [0.2, 0.25) is 27.3 Å². The number of hydrogen-bond acceptors (Lipinski definition) is 0. The molecule has 0 aliphatic carbocycles. The Balaban J connectivity index is -0.00000000640. The van der Waals surface area contributed by atoms with E-state index in [1.165, 1.54) is 27.3 Å². The van der Waals surface area contributed by atoms with Crippen molar-refractivity contribution in [3.8, 4) is 0 Å². The molecule has 0 spiro atoms. The summed E-state index contributed by atoms with van der Waals surface area (Å²) in [6, 6.07) is 0. The highest BCUT2D eigenvalue weighted by atomic mass is 13.0. The van der Waals surface area contributed by atoms with E-state index in [9.17, 15) is 0 Å². The molecular weight excluding hydrogens is 307 g/mol. The van der Waals surface area contributed by atoms with E-state index < -0.39 is 0 Å². The average Bonchev–Trinajstić information content (AvgIpc) is 2.90. The molecule has 166 valence electrons. The summed E-state index contributed by atoms with van der Waals surface area (Å²) in [5.74, 6) is 0. The van der Waals surface area contributed by atoms with Gasteiger partial charge in [0.25, 0.3) is 0 Å². The van der Waals surface area contributed by atoms with E-state index in [1.807, 2.05) is 125 Å². The highest BCUT2D eigenvalue weighted by molar-refractivity contribution is 6.06. The predicted molar refractivity (Wildman–Crippen MR) is 149 cm³/mol. The zero-order chi connectivity index (χ0) is 26.0. The molecule has 0 amide bonds. The summed E-state index contributed by atoms with van der Waals surface area (Å²) in [5, 5.41) is 0. The summed E-state index contributed by atoms with van der Waals surface area (Å²) in [4.78, 5) is 0. The van der Waals surface area contributed by atoms with Crippen LogP contribution in [0.4, 0.5) is 0 Å². The molecule has 0 unspecified atom stereocenters. The van der Waals surface area contributed by atoms with E-state index in [-0.39, 0.29) is 0 Å². The van der Waals surface area contributed by atoms with Crippen molar-refractivity contribution in [1.82, 2.24) is 0 Å². The van der Waals surface area contributed by atoms with Crippen molar-refractivity contribution in [3.63, 3.8) is 0 Å². The lowest BCUT2D eigenvalue weighted by molar-refractivity contribution is 1.50. The first-order valence-corrected chi connectivity index (χ1v) is 11.3. The van der Waals surface area contributed by atoms with E-state index in [0.717, 1.165) is 0 Å². The Labute approximate surface area is 183 Å². The van der Waals surface area contributed by atoms with Gasteiger partial charge in [-0.1, -0.05) is 152 Å². The third-order valence-corrected chi connectivity index (χ3v) is 0. The third-order valence-electron chi connectivity index (χ3n) is 0. The lowest BCUT2D eigenvalue weighted by Crippen LogP contribution is -1.13. The zero-order valence-corrected chi connectivity index (χ0v) is 24.3. The number of rotatable bonds is 0. The van der Waals surface area contributed by atoms with E-state index in [2.05, 4.69) is 31.4 Å². The van der Waals surface area contributed by atoms with E-state index in [4.69, 9.17) is 0 Å². The lowest BCUT2D eigenvalue weighted by Gasteiger charge is -1.07. The Kier molecular flexibility index (Phi) is 808000. The molecule has 0 bridgehead atoms. The largest absolute Gasteiger partial charge is 0.0999 e. The third kappa shape index (κ3) is 195000. The van der Waals surface area contributed by atoms with Gasteiger partial charge >= 0.3 is 0 Å². The first-order chi connectivity index (χ1) is 13.0. The molecule has 0 heterocycles. The predicted octanol–water partition coefficient (Wildman–Crippen LogP) is 10.0. The van der Waals surface area contributed by atoms with Crippen LogP contribution in [0.5, 0.6) is 0 Å². The second-order valence-electron chi connectivity index (χ2n) is 0. The Morgan fingerprint density at radius 1 is 0.154 bits per heavy atom. The van der Waals surface area contributed by atoms with Crippen LogP contribution >= 0.6 is 0 Å². The SMILES string of the molecule is CC.CC.CC.CC.CC.CC.CC.CC.CC.[B]C.[B]C.[B]C.[B]C. The van der Waals surface area contributed by atoms with Crippen LogP contribution in [0.25, 0.3) is 0 Å². The van der Waals surface area contributed by atoms with Gasteiger partial charge in [-0.05, 0) is 0 Å². The van der Waals surface area contributed by atoms with Crippen molar-refractivity contribution >= 4 is 31.4 Å². The molecule has 8 radical (unpaired) electrons. The van der Waals surface area contributed by atoms with Gasteiger partial charge in [-0.2, -0.15) is 0 Å². The zero-order valence-electron chi connectivity index (χ0n) is 24.3. The van der Waals surface area contributed by atoms with Crippen molar-refractivity contribution in [2.75, 3.05) is 0 Å². The fourth-order valence-corrected chi connectivity index (χ4v) is 0. The summed E-state index contributed by atoms with van der Waals surface area (Å²) >= 11 is 0. The van der Waals surface area contributed by atoms with Crippen molar-refractivity contribution in [2.24, 2.45) is 0 Å². The van der Waals surface area contributed by atoms with Gasteiger partial charge in [-0.25, -0.2) is 0 Å². The highest BCUT2D eigenvalue weighted by Gasteiger charge is 0.993. The molecule has 26 heavy (non-hydrogen) atoms. The topological polar surface area (TPSA) is 0 Å². The Morgan fingerprint density at radius 3 is 0.154 bits per heavy atom. The van der Waals surface area contributed by atoms with Crippen LogP contribution in [0, 0.1) is 0 Å². The molecule has 0 nitrogen and oxygen atoms in total. The molecule has 0 saturated carbocycles. The molecule has 0 aromatic heterocycles. The van der Waals surface area contributed by atoms with Gasteiger partial charge in [0, 0.05) is 0 Å². The Hall–Kier alpha value is 0.260. The fourth-order valence-electron chi connectivity index (χ4n) is 0. The minimum absolute atomic E-state index is 1.50. The van der Waals surface area contributed by atoms with Crippen molar-refractivity contribution < 1.29 is 0 Å². The van der Waals surface area contributed by atoms with Gasteiger partial charge in [-0.15, -0.1) is 0 Å². The fraction of sp³-hybridized carbons (Fsp3) is 1.00. The lowest BCUT2D eigenvalue weighted by atomic mass is 10.2. The number of hydrogen-bond donors (Lipinski definition) is 0. The first-order valence-electron chi connectivity index (χ1n) is 11.3. The molecule has 0 atom stereocenters. The van der Waals surface area contributed by atoms with Crippen LogP contribution in [0.15, 0.2) is 0 Å². The minimum atomic E-state index is 1.50. The Morgan fingerprint density at radius 2 is 0.154 bits per heavy atom. The average molecular weight is 374 g/mol. The molecule has 0 aliphatic heterocycles. The minimum Gasteiger partial charge on any atom is -0.0999 e. The van der Waals surface area contributed by atoms with Gasteiger partial charge in [-0.3, -0.25) is 0 Å². The standard InChI is InChI=1S/9C2H6.4CH3B/c13*1-2/h9*1-2H3;4*1H3.